The van der Waals surface area contributed by atoms with Gasteiger partial charge in [0.2, 0.25) is 0 Å². The second-order valence-corrected chi connectivity index (χ2v) is 4.85. The molecule has 0 aliphatic heterocycles. The lowest BCUT2D eigenvalue weighted by Gasteiger charge is -2.04. The Morgan fingerprint density at radius 3 is 2.50 bits per heavy atom. The van der Waals surface area contributed by atoms with Gasteiger partial charge in [0.15, 0.2) is 0 Å². The van der Waals surface area contributed by atoms with Crippen LogP contribution in [0, 0.1) is 6.92 Å². The van der Waals surface area contributed by atoms with Crippen molar-refractivity contribution in [2.45, 2.75) is 13.5 Å². The number of aromatic nitrogens is 2. The molecule has 1 heterocycles. The lowest BCUT2D eigenvalue weighted by Crippen LogP contribution is -1.98. The van der Waals surface area contributed by atoms with Crippen LogP contribution < -0.4 is 5.32 Å². The van der Waals surface area contributed by atoms with Crippen LogP contribution in [0.3, 0.4) is 0 Å². The zero-order valence-corrected chi connectivity index (χ0v) is 11.5. The van der Waals surface area contributed by atoms with Gasteiger partial charge in [-0.15, -0.1) is 0 Å². The minimum Gasteiger partial charge on any atom is -0.381 e. The SMILES string of the molecule is Cc1ccc(NCc2cnn(-c3ccccc3)c2)cc1. The molecule has 100 valence electrons. The summed E-state index contributed by atoms with van der Waals surface area (Å²) in [5.41, 5.74) is 4.64. The minimum atomic E-state index is 0.774. The van der Waals surface area contributed by atoms with Gasteiger partial charge >= 0.3 is 0 Å². The molecule has 0 amide bonds. The number of hydrogen-bond donors (Lipinski definition) is 1. The Morgan fingerprint density at radius 1 is 1.00 bits per heavy atom. The number of anilines is 1. The first-order chi connectivity index (χ1) is 9.81. The van der Waals surface area contributed by atoms with Gasteiger partial charge in [0.1, 0.15) is 0 Å². The van der Waals surface area contributed by atoms with E-state index in [1.54, 1.807) is 0 Å². The molecule has 0 unspecified atom stereocenters. The second kappa shape index (κ2) is 5.61. The highest BCUT2D eigenvalue weighted by molar-refractivity contribution is 5.44. The molecule has 20 heavy (non-hydrogen) atoms. The molecule has 0 bridgehead atoms. The summed E-state index contributed by atoms with van der Waals surface area (Å²) in [7, 11) is 0. The first kappa shape index (κ1) is 12.5. The molecule has 0 saturated heterocycles. The van der Waals surface area contributed by atoms with Crippen LogP contribution in [-0.2, 0) is 6.54 Å². The molecule has 0 atom stereocenters. The maximum absolute atomic E-state index is 4.39. The highest BCUT2D eigenvalue weighted by Gasteiger charge is 2.00. The fraction of sp³-hybridized carbons (Fsp3) is 0.118. The average Bonchev–Trinajstić information content (AvgIpc) is 2.97. The molecule has 1 N–H and O–H groups in total. The molecule has 0 radical (unpaired) electrons. The average molecular weight is 263 g/mol. The smallest absolute Gasteiger partial charge is 0.0645 e. The van der Waals surface area contributed by atoms with Crippen LogP contribution in [0.15, 0.2) is 67.0 Å². The summed E-state index contributed by atoms with van der Waals surface area (Å²) < 4.78 is 1.89. The largest absolute Gasteiger partial charge is 0.381 e. The molecule has 0 fully saturated rings. The van der Waals surface area contributed by atoms with Crippen molar-refractivity contribution in [1.29, 1.82) is 0 Å². The van der Waals surface area contributed by atoms with Crippen molar-refractivity contribution in [2.75, 3.05) is 5.32 Å². The van der Waals surface area contributed by atoms with Gasteiger partial charge in [-0.05, 0) is 31.2 Å². The first-order valence-corrected chi connectivity index (χ1v) is 6.71. The Kier molecular flexibility index (Phi) is 3.50. The molecule has 3 nitrogen and oxygen atoms in total. The molecule has 0 spiro atoms. The van der Waals surface area contributed by atoms with E-state index in [0.717, 1.165) is 23.5 Å². The number of benzene rings is 2. The van der Waals surface area contributed by atoms with E-state index in [4.69, 9.17) is 0 Å². The minimum absolute atomic E-state index is 0.774. The van der Waals surface area contributed by atoms with E-state index in [1.807, 2.05) is 41.2 Å². The molecule has 3 heteroatoms. The molecular formula is C17H17N3. The molecule has 3 aromatic rings. The summed E-state index contributed by atoms with van der Waals surface area (Å²) in [5.74, 6) is 0. The number of hydrogen-bond acceptors (Lipinski definition) is 2. The summed E-state index contributed by atoms with van der Waals surface area (Å²) in [6.45, 7) is 2.86. The predicted molar refractivity (Wildman–Crippen MR) is 82.1 cm³/mol. The Hall–Kier alpha value is -2.55. The highest BCUT2D eigenvalue weighted by atomic mass is 15.3. The Morgan fingerprint density at radius 2 is 1.75 bits per heavy atom. The maximum Gasteiger partial charge on any atom is 0.0645 e. The maximum atomic E-state index is 4.39. The van der Waals surface area contributed by atoms with E-state index in [0.29, 0.717) is 0 Å². The van der Waals surface area contributed by atoms with E-state index in [-0.39, 0.29) is 0 Å². The predicted octanol–water partition coefficient (Wildman–Crippen LogP) is 3.79. The third kappa shape index (κ3) is 2.88. The van der Waals surface area contributed by atoms with Gasteiger partial charge < -0.3 is 5.32 Å². The molecule has 2 aromatic carbocycles. The van der Waals surface area contributed by atoms with E-state index < -0.39 is 0 Å². The number of aryl methyl sites for hydroxylation is 1. The van der Waals surface area contributed by atoms with E-state index in [2.05, 4.69) is 47.8 Å². The van der Waals surface area contributed by atoms with Crippen LogP contribution in [0.5, 0.6) is 0 Å². The molecule has 0 aliphatic carbocycles. The van der Waals surface area contributed by atoms with Gasteiger partial charge in [0.25, 0.3) is 0 Å². The third-order valence-electron chi connectivity index (χ3n) is 3.21. The zero-order chi connectivity index (χ0) is 13.8. The lowest BCUT2D eigenvalue weighted by molar-refractivity contribution is 0.880. The molecule has 3 rings (SSSR count). The normalized spacial score (nSPS) is 10.4. The summed E-state index contributed by atoms with van der Waals surface area (Å²) in [6, 6.07) is 18.5. The van der Waals surface area contributed by atoms with E-state index in [9.17, 15) is 0 Å². The first-order valence-electron chi connectivity index (χ1n) is 6.71. The van der Waals surface area contributed by atoms with Crippen molar-refractivity contribution < 1.29 is 0 Å². The number of nitrogens with zero attached hydrogens (tertiary/aromatic N) is 2. The van der Waals surface area contributed by atoms with Crippen LogP contribution in [-0.4, -0.2) is 9.78 Å². The summed E-state index contributed by atoms with van der Waals surface area (Å²) in [4.78, 5) is 0. The topological polar surface area (TPSA) is 29.9 Å². The van der Waals surface area contributed by atoms with Crippen molar-refractivity contribution in [2.24, 2.45) is 0 Å². The van der Waals surface area contributed by atoms with Crippen LogP contribution in [0.25, 0.3) is 5.69 Å². The highest BCUT2D eigenvalue weighted by Crippen LogP contribution is 2.12. The standard InChI is InChI=1S/C17H17N3/c1-14-7-9-16(10-8-14)18-11-15-12-19-20(13-15)17-5-3-2-4-6-17/h2-10,12-13,18H,11H2,1H3. The Balaban J connectivity index is 1.67. The number of nitrogens with one attached hydrogen (secondary N) is 1. The monoisotopic (exact) mass is 263 g/mol. The second-order valence-electron chi connectivity index (χ2n) is 4.85. The molecule has 1 aromatic heterocycles. The van der Waals surface area contributed by atoms with Crippen molar-refractivity contribution >= 4 is 5.69 Å². The van der Waals surface area contributed by atoms with Crippen molar-refractivity contribution in [3.63, 3.8) is 0 Å². The third-order valence-corrected chi connectivity index (χ3v) is 3.21. The Labute approximate surface area is 118 Å². The van der Waals surface area contributed by atoms with Gasteiger partial charge in [0.05, 0.1) is 11.9 Å². The van der Waals surface area contributed by atoms with Gasteiger partial charge in [-0.3, -0.25) is 0 Å². The fourth-order valence-electron chi connectivity index (χ4n) is 2.05. The molecular weight excluding hydrogens is 246 g/mol. The van der Waals surface area contributed by atoms with Gasteiger partial charge in [-0.25, -0.2) is 4.68 Å². The molecule has 0 saturated carbocycles. The van der Waals surface area contributed by atoms with Gasteiger partial charge in [0, 0.05) is 24.0 Å². The van der Waals surface area contributed by atoms with Crippen LogP contribution in [0.2, 0.25) is 0 Å². The fourth-order valence-corrected chi connectivity index (χ4v) is 2.05. The van der Waals surface area contributed by atoms with Crippen molar-refractivity contribution in [1.82, 2.24) is 9.78 Å². The van der Waals surface area contributed by atoms with E-state index in [1.165, 1.54) is 5.56 Å². The van der Waals surface area contributed by atoms with Crippen molar-refractivity contribution in [3.8, 4) is 5.69 Å². The zero-order valence-electron chi connectivity index (χ0n) is 11.5. The number of rotatable bonds is 4. The van der Waals surface area contributed by atoms with Crippen LogP contribution in [0.4, 0.5) is 5.69 Å². The number of para-hydroxylation sites is 1. The van der Waals surface area contributed by atoms with Crippen molar-refractivity contribution in [3.05, 3.63) is 78.1 Å². The van der Waals surface area contributed by atoms with Gasteiger partial charge in [-0.2, -0.15) is 5.10 Å². The molecule has 0 aliphatic rings. The summed E-state index contributed by atoms with van der Waals surface area (Å²) >= 11 is 0. The summed E-state index contributed by atoms with van der Waals surface area (Å²) in [5, 5.41) is 7.79. The van der Waals surface area contributed by atoms with Crippen LogP contribution >= 0.6 is 0 Å². The Bertz CT molecular complexity index is 669. The van der Waals surface area contributed by atoms with Crippen LogP contribution in [0.1, 0.15) is 11.1 Å². The lowest BCUT2D eigenvalue weighted by atomic mass is 10.2. The quantitative estimate of drug-likeness (QED) is 0.776. The van der Waals surface area contributed by atoms with Gasteiger partial charge in [-0.1, -0.05) is 35.9 Å². The summed E-state index contributed by atoms with van der Waals surface area (Å²) in [6.07, 6.45) is 3.95. The van der Waals surface area contributed by atoms with E-state index >= 15 is 0 Å².